The molecule has 258 valence electrons. The molecule has 0 aliphatic carbocycles. The van der Waals surface area contributed by atoms with Crippen LogP contribution in [0.15, 0.2) is 24.3 Å². The van der Waals surface area contributed by atoms with E-state index in [1.54, 1.807) is 25.3 Å². The molecule has 1 rings (SSSR count). The second kappa shape index (κ2) is 30.0. The SMILES string of the molecule is CC(=O)N[C@H]([C-]=O)CCC(=O)OCC(C)C.C[CH-]C(=O)N[C@@H](CCC[NH-])C(O)Nc1ccc(C(O)C(=O)OC)cc1.[CH2-]N.[Co+2].[Mn+2]. The van der Waals surface area contributed by atoms with E-state index in [2.05, 4.69) is 33.5 Å². The number of carbonyl (C=O) groups is 4. The minimum absolute atomic E-state index is 0. The van der Waals surface area contributed by atoms with Crippen molar-refractivity contribution in [2.75, 3.05) is 25.6 Å². The number of aliphatic hydroxyl groups excluding tert-OH is 2. The Morgan fingerprint density at radius 2 is 1.67 bits per heavy atom. The average Bonchev–Trinajstić information content (AvgIpc) is 3.00. The molecular formula is C29H47CoMnN5O9. The number of nitrogens with one attached hydrogen (secondary N) is 4. The minimum atomic E-state index is -1.37. The fraction of sp³-hybridized carbons (Fsp3) is 0.552. The van der Waals surface area contributed by atoms with Gasteiger partial charge in [-0.05, 0) is 36.5 Å². The van der Waals surface area contributed by atoms with Gasteiger partial charge in [-0.3, -0.25) is 16.6 Å². The molecule has 0 aromatic heterocycles. The van der Waals surface area contributed by atoms with Crippen LogP contribution < -0.4 is 21.7 Å². The first-order valence-corrected chi connectivity index (χ1v) is 13.6. The topological polar surface area (TPSA) is 230 Å². The van der Waals surface area contributed by atoms with Crippen LogP contribution in [0.1, 0.15) is 65.0 Å². The van der Waals surface area contributed by atoms with Crippen LogP contribution in [0.5, 0.6) is 0 Å². The molecule has 2 radical (unpaired) electrons. The summed E-state index contributed by atoms with van der Waals surface area (Å²) in [6.45, 7) is 7.35. The van der Waals surface area contributed by atoms with Gasteiger partial charge in [0.2, 0.25) is 5.91 Å². The molecule has 4 atom stereocenters. The third-order valence-corrected chi connectivity index (χ3v) is 5.36. The van der Waals surface area contributed by atoms with Gasteiger partial charge in [-0.25, -0.2) is 11.1 Å². The summed E-state index contributed by atoms with van der Waals surface area (Å²) in [6.07, 6.45) is 1.93. The van der Waals surface area contributed by atoms with Gasteiger partial charge in [-0.15, -0.1) is 0 Å². The number of amides is 2. The Balaban J connectivity index is -0.000000367. The van der Waals surface area contributed by atoms with Crippen LogP contribution >= 0.6 is 0 Å². The number of hydrogen-bond acceptors (Lipinski definition) is 11. The van der Waals surface area contributed by atoms with Crippen LogP contribution in [-0.2, 0) is 67.3 Å². The number of methoxy groups -OCH3 is 1. The number of aliphatic hydroxyl groups is 2. The fourth-order valence-corrected chi connectivity index (χ4v) is 3.18. The van der Waals surface area contributed by atoms with Crippen molar-refractivity contribution >= 4 is 35.7 Å². The maximum absolute atomic E-state index is 11.5. The third-order valence-electron chi connectivity index (χ3n) is 5.36. The predicted molar refractivity (Wildman–Crippen MR) is 161 cm³/mol. The van der Waals surface area contributed by atoms with Crippen molar-refractivity contribution in [1.82, 2.24) is 10.6 Å². The molecule has 1 aromatic rings. The molecule has 8 N–H and O–H groups in total. The zero-order chi connectivity index (χ0) is 33.4. The molecule has 0 bridgehead atoms. The molecule has 45 heavy (non-hydrogen) atoms. The monoisotopic (exact) mass is 723 g/mol. The summed E-state index contributed by atoms with van der Waals surface area (Å²) in [5.41, 5.74) is 12.4. The van der Waals surface area contributed by atoms with Crippen LogP contribution in [0, 0.1) is 19.4 Å². The van der Waals surface area contributed by atoms with Crippen LogP contribution in [0.2, 0.25) is 0 Å². The van der Waals surface area contributed by atoms with Gasteiger partial charge in [-0.2, -0.15) is 13.5 Å². The summed E-state index contributed by atoms with van der Waals surface area (Å²) in [6, 6.07) is 4.99. The average molecular weight is 724 g/mol. The van der Waals surface area contributed by atoms with Gasteiger partial charge in [0.25, 0.3) is 0 Å². The number of nitrogens with two attached hydrogens (primary N) is 1. The van der Waals surface area contributed by atoms with E-state index in [9.17, 15) is 34.2 Å². The summed E-state index contributed by atoms with van der Waals surface area (Å²) in [5.74, 6) is -1.45. The Hall–Kier alpha value is -2.69. The number of esters is 2. The maximum Gasteiger partial charge on any atom is 2.00 e. The number of anilines is 1. The first-order valence-electron chi connectivity index (χ1n) is 13.6. The third kappa shape index (κ3) is 24.2. The number of hydrogen-bond donors (Lipinski definition) is 6. The van der Waals surface area contributed by atoms with E-state index in [0.717, 1.165) is 0 Å². The van der Waals surface area contributed by atoms with Crippen molar-refractivity contribution in [2.24, 2.45) is 11.7 Å². The van der Waals surface area contributed by atoms with Crippen molar-refractivity contribution in [3.8, 4) is 0 Å². The smallest absolute Gasteiger partial charge is 0.677 e. The van der Waals surface area contributed by atoms with E-state index >= 15 is 0 Å². The molecule has 0 saturated carbocycles. The van der Waals surface area contributed by atoms with Gasteiger partial charge in [-0.1, -0.05) is 38.4 Å². The van der Waals surface area contributed by atoms with E-state index in [-0.39, 0.29) is 76.9 Å². The normalized spacial score (nSPS) is 12.2. The van der Waals surface area contributed by atoms with Crippen molar-refractivity contribution < 1.29 is 77.5 Å². The summed E-state index contributed by atoms with van der Waals surface area (Å²) < 4.78 is 9.40. The molecule has 14 nitrogen and oxygen atoms in total. The second-order valence-electron chi connectivity index (χ2n) is 9.42. The second-order valence-corrected chi connectivity index (χ2v) is 9.42. The van der Waals surface area contributed by atoms with Gasteiger partial charge in [0.1, 0.15) is 6.23 Å². The first-order chi connectivity index (χ1) is 20.4. The van der Waals surface area contributed by atoms with Gasteiger partial charge in [0.05, 0.1) is 25.7 Å². The summed E-state index contributed by atoms with van der Waals surface area (Å²) in [7, 11) is 3.94. The van der Waals surface area contributed by atoms with Gasteiger partial charge in [0.15, 0.2) is 6.10 Å². The van der Waals surface area contributed by atoms with Gasteiger partial charge in [0, 0.05) is 19.0 Å². The molecule has 0 fully saturated rings. The molecule has 2 unspecified atom stereocenters. The van der Waals surface area contributed by atoms with Crippen molar-refractivity contribution in [2.45, 2.75) is 77.8 Å². The van der Waals surface area contributed by atoms with Crippen LogP contribution in [0.3, 0.4) is 0 Å². The number of carbonyl (C=O) groups excluding carboxylic acids is 5. The fourth-order valence-electron chi connectivity index (χ4n) is 3.18. The molecule has 1 aromatic carbocycles. The molecule has 16 heteroatoms. The molecule has 0 aliphatic heterocycles. The standard InChI is InChI=1S/C17H25N3O5.C11H18NO4.CH4N.Co.Mn/c1-3-14(21)20-13(5-4-10-18)16(23)19-12-8-6-11(7-9-12)15(22)17(24)25-2;1-8(2)7-16-11(15)5-4-10(6-13)12-9(3)14;1-2;;/h3,6-9,13,15-16,18-19,22-23H,4-5,10H2,1-2H3,(H,20,21);8,10H,4-5,7H2,1-3H3,(H,12,14);1-2H2;;/q-2;2*-1;2*+2/t13-,15?,16?;10-;;;/m00.../s1. The van der Waals surface area contributed by atoms with E-state index in [4.69, 9.17) is 10.5 Å². The molecule has 0 spiro atoms. The zero-order valence-electron chi connectivity index (χ0n) is 26.3. The van der Waals surface area contributed by atoms with E-state index in [0.29, 0.717) is 30.7 Å². The molecule has 2 amide bonds. The Morgan fingerprint density at radius 3 is 2.11 bits per heavy atom. The summed E-state index contributed by atoms with van der Waals surface area (Å²) in [5, 5.41) is 28.0. The van der Waals surface area contributed by atoms with Gasteiger partial charge < -0.3 is 63.1 Å². The molecule has 0 saturated heterocycles. The van der Waals surface area contributed by atoms with Crippen LogP contribution in [0.25, 0.3) is 5.73 Å². The van der Waals surface area contributed by atoms with Crippen molar-refractivity contribution in [3.63, 3.8) is 0 Å². The Morgan fingerprint density at radius 1 is 1.09 bits per heavy atom. The zero-order valence-corrected chi connectivity index (χ0v) is 28.5. The van der Waals surface area contributed by atoms with Crippen molar-refractivity contribution in [1.29, 1.82) is 0 Å². The number of rotatable bonds is 17. The molecule has 0 heterocycles. The van der Waals surface area contributed by atoms with Crippen LogP contribution in [0.4, 0.5) is 5.69 Å². The van der Waals surface area contributed by atoms with Crippen molar-refractivity contribution in [3.05, 3.63) is 49.0 Å². The summed E-state index contributed by atoms with van der Waals surface area (Å²) >= 11 is 0. The molecule has 0 aliphatic rings. The largest absolute Gasteiger partial charge is 2.00 e. The first kappa shape index (κ1) is 49.2. The quantitative estimate of drug-likeness (QED) is 0.0584. The van der Waals surface area contributed by atoms with E-state index in [1.807, 2.05) is 13.8 Å². The molecular weight excluding hydrogens is 676 g/mol. The predicted octanol–water partition coefficient (Wildman–Crippen LogP) is 1.48. The number of benzene rings is 1. The van der Waals surface area contributed by atoms with Crippen LogP contribution in [-0.4, -0.2) is 78.8 Å². The summed E-state index contributed by atoms with van der Waals surface area (Å²) in [4.78, 5) is 55.1. The minimum Gasteiger partial charge on any atom is -0.677 e. The van der Waals surface area contributed by atoms with E-state index < -0.39 is 30.4 Å². The number of ether oxygens (including phenoxy) is 2. The Labute approximate surface area is 287 Å². The van der Waals surface area contributed by atoms with Gasteiger partial charge >= 0.3 is 45.8 Å². The Bertz CT molecular complexity index is 959. The Kier molecular flexibility index (Phi) is 32.8. The van der Waals surface area contributed by atoms with E-state index in [1.165, 1.54) is 32.6 Å². The maximum atomic E-state index is 11.5.